The molecule has 0 radical (unpaired) electrons. The Morgan fingerprint density at radius 1 is 1.48 bits per heavy atom. The largest absolute Gasteiger partial charge is 0.495 e. The Morgan fingerprint density at radius 2 is 2.19 bits per heavy atom. The smallest absolute Gasteiger partial charge is 0.246 e. The number of carbonyl (C=O) groups is 1. The van der Waals surface area contributed by atoms with Crippen molar-refractivity contribution in [3.63, 3.8) is 0 Å². The van der Waals surface area contributed by atoms with Crippen LogP contribution in [0.3, 0.4) is 0 Å². The number of ether oxygens (including phenoxy) is 1. The van der Waals surface area contributed by atoms with Crippen molar-refractivity contribution < 1.29 is 9.53 Å². The van der Waals surface area contributed by atoms with Crippen LogP contribution >= 0.6 is 11.6 Å². The number of aromatic nitrogens is 2. The molecule has 0 atom stereocenters. The first-order valence-corrected chi connectivity index (χ1v) is 6.73. The monoisotopic (exact) mass is 308 g/mol. The molecule has 0 aliphatic rings. The summed E-state index contributed by atoms with van der Waals surface area (Å²) in [6.07, 6.45) is 0. The molecule has 0 saturated carbocycles. The molecule has 2 aromatic rings. The predicted molar refractivity (Wildman–Crippen MR) is 82.7 cm³/mol. The van der Waals surface area contributed by atoms with E-state index in [2.05, 4.69) is 10.4 Å². The third-order valence-electron chi connectivity index (χ3n) is 3.08. The van der Waals surface area contributed by atoms with Gasteiger partial charge in [0.1, 0.15) is 12.3 Å². The van der Waals surface area contributed by atoms with Gasteiger partial charge in [-0.25, -0.2) is 0 Å². The van der Waals surface area contributed by atoms with E-state index < -0.39 is 0 Å². The highest BCUT2D eigenvalue weighted by atomic mass is 35.5. The van der Waals surface area contributed by atoms with Gasteiger partial charge in [-0.1, -0.05) is 11.6 Å². The summed E-state index contributed by atoms with van der Waals surface area (Å²) >= 11 is 6.06. The van der Waals surface area contributed by atoms with Crippen molar-refractivity contribution in [2.45, 2.75) is 20.4 Å². The van der Waals surface area contributed by atoms with Crippen LogP contribution in [-0.4, -0.2) is 22.8 Å². The Balaban J connectivity index is 2.15. The van der Waals surface area contributed by atoms with E-state index in [0.29, 0.717) is 27.8 Å². The van der Waals surface area contributed by atoms with Gasteiger partial charge >= 0.3 is 0 Å². The van der Waals surface area contributed by atoms with Crippen molar-refractivity contribution in [2.75, 3.05) is 18.2 Å². The number of nitrogens with one attached hydrogen (secondary N) is 1. The van der Waals surface area contributed by atoms with Crippen LogP contribution in [0.5, 0.6) is 5.75 Å². The molecule has 0 bridgehead atoms. The number of anilines is 2. The van der Waals surface area contributed by atoms with Crippen molar-refractivity contribution in [3.8, 4) is 5.75 Å². The van der Waals surface area contributed by atoms with Crippen LogP contribution in [-0.2, 0) is 11.3 Å². The molecule has 1 heterocycles. The van der Waals surface area contributed by atoms with Crippen LogP contribution in [0.15, 0.2) is 18.2 Å². The number of hydrogen-bond acceptors (Lipinski definition) is 4. The molecule has 0 aliphatic carbocycles. The molecule has 0 spiro atoms. The number of benzene rings is 1. The molecular weight excluding hydrogens is 292 g/mol. The number of hydrogen-bond donors (Lipinski definition) is 2. The highest BCUT2D eigenvalue weighted by Gasteiger charge is 2.13. The van der Waals surface area contributed by atoms with Gasteiger partial charge in [-0.15, -0.1) is 0 Å². The van der Waals surface area contributed by atoms with Gasteiger partial charge in [-0.3, -0.25) is 9.48 Å². The molecular formula is C14H17ClN4O2. The Labute approximate surface area is 127 Å². The maximum absolute atomic E-state index is 12.1. The van der Waals surface area contributed by atoms with Crippen LogP contribution in [0.25, 0.3) is 0 Å². The van der Waals surface area contributed by atoms with Gasteiger partial charge in [0.25, 0.3) is 0 Å². The minimum Gasteiger partial charge on any atom is -0.495 e. The van der Waals surface area contributed by atoms with Crippen LogP contribution in [0.4, 0.5) is 11.4 Å². The quantitative estimate of drug-likeness (QED) is 0.850. The van der Waals surface area contributed by atoms with Crippen molar-refractivity contribution in [1.29, 1.82) is 0 Å². The second kappa shape index (κ2) is 6.05. The van der Waals surface area contributed by atoms with E-state index in [0.717, 1.165) is 5.69 Å². The fourth-order valence-corrected chi connectivity index (χ4v) is 2.11. The molecule has 3 N–H and O–H groups in total. The number of methoxy groups -OCH3 is 1. The van der Waals surface area contributed by atoms with Crippen molar-refractivity contribution in [2.24, 2.45) is 0 Å². The van der Waals surface area contributed by atoms with E-state index in [1.807, 2.05) is 6.92 Å². The number of nitrogens with zero attached hydrogens (tertiary/aromatic N) is 2. The molecule has 112 valence electrons. The number of amides is 1. The first kappa shape index (κ1) is 15.2. The van der Waals surface area contributed by atoms with E-state index in [1.54, 1.807) is 29.8 Å². The fourth-order valence-electron chi connectivity index (χ4n) is 1.98. The zero-order chi connectivity index (χ0) is 15.6. The normalized spacial score (nSPS) is 10.5. The van der Waals surface area contributed by atoms with E-state index in [1.165, 1.54) is 7.11 Å². The summed E-state index contributed by atoms with van der Waals surface area (Å²) in [5.41, 5.74) is 8.23. The summed E-state index contributed by atoms with van der Waals surface area (Å²) in [6.45, 7) is 3.68. The summed E-state index contributed by atoms with van der Waals surface area (Å²) in [6, 6.07) is 5.05. The average molecular weight is 309 g/mol. The number of nitrogens with two attached hydrogens (primary N) is 1. The maximum atomic E-state index is 12.1. The fraction of sp³-hybridized carbons (Fsp3) is 0.286. The highest BCUT2D eigenvalue weighted by molar-refractivity contribution is 6.31. The van der Waals surface area contributed by atoms with Crippen molar-refractivity contribution >= 4 is 28.9 Å². The molecule has 7 heteroatoms. The Bertz CT molecular complexity index is 682. The SMILES string of the molecule is COc1ccc(N)cc1NC(=O)Cn1nc(C)c(Cl)c1C. The number of rotatable bonds is 4. The number of carbonyl (C=O) groups excluding carboxylic acids is 1. The van der Waals surface area contributed by atoms with Gasteiger partial charge in [-0.05, 0) is 32.0 Å². The zero-order valence-corrected chi connectivity index (χ0v) is 12.9. The van der Waals surface area contributed by atoms with Gasteiger partial charge in [-0.2, -0.15) is 5.10 Å². The lowest BCUT2D eigenvalue weighted by molar-refractivity contribution is -0.116. The van der Waals surface area contributed by atoms with E-state index in [9.17, 15) is 4.79 Å². The molecule has 0 unspecified atom stereocenters. The molecule has 1 amide bonds. The topological polar surface area (TPSA) is 82.2 Å². The third kappa shape index (κ3) is 3.28. The third-order valence-corrected chi connectivity index (χ3v) is 3.63. The number of aryl methyl sites for hydroxylation is 1. The van der Waals surface area contributed by atoms with Crippen LogP contribution in [0.2, 0.25) is 5.02 Å². The summed E-state index contributed by atoms with van der Waals surface area (Å²) in [5, 5.41) is 7.55. The first-order valence-electron chi connectivity index (χ1n) is 6.35. The summed E-state index contributed by atoms with van der Waals surface area (Å²) in [7, 11) is 1.53. The molecule has 0 fully saturated rings. The molecule has 2 rings (SSSR count). The average Bonchev–Trinajstić information content (AvgIpc) is 2.66. The Hall–Kier alpha value is -2.21. The first-order chi connectivity index (χ1) is 9.92. The second-order valence-electron chi connectivity index (χ2n) is 4.65. The summed E-state index contributed by atoms with van der Waals surface area (Å²) < 4.78 is 6.75. The Morgan fingerprint density at radius 3 is 2.76 bits per heavy atom. The molecule has 0 saturated heterocycles. The molecule has 1 aromatic carbocycles. The standard InChI is InChI=1S/C14H17ClN4O2/c1-8-14(15)9(2)19(18-8)7-13(20)17-11-6-10(16)4-5-12(11)21-3/h4-6H,7,16H2,1-3H3,(H,17,20). The van der Waals surface area contributed by atoms with Crippen molar-refractivity contribution in [1.82, 2.24) is 9.78 Å². The molecule has 1 aromatic heterocycles. The lowest BCUT2D eigenvalue weighted by Crippen LogP contribution is -2.20. The Kier molecular flexibility index (Phi) is 4.37. The second-order valence-corrected chi connectivity index (χ2v) is 5.03. The van der Waals surface area contributed by atoms with Gasteiger partial charge in [0.05, 0.1) is 29.2 Å². The number of halogens is 1. The molecule has 0 aliphatic heterocycles. The van der Waals surface area contributed by atoms with E-state index in [-0.39, 0.29) is 12.5 Å². The zero-order valence-electron chi connectivity index (χ0n) is 12.1. The van der Waals surface area contributed by atoms with E-state index in [4.69, 9.17) is 22.1 Å². The minimum atomic E-state index is -0.235. The maximum Gasteiger partial charge on any atom is 0.246 e. The number of nitrogen functional groups attached to an aromatic ring is 1. The molecule has 21 heavy (non-hydrogen) atoms. The van der Waals surface area contributed by atoms with Gasteiger partial charge in [0, 0.05) is 5.69 Å². The van der Waals surface area contributed by atoms with Crippen LogP contribution in [0, 0.1) is 13.8 Å². The summed E-state index contributed by atoms with van der Waals surface area (Å²) in [4.78, 5) is 12.1. The van der Waals surface area contributed by atoms with Crippen molar-refractivity contribution in [3.05, 3.63) is 34.6 Å². The minimum absolute atomic E-state index is 0.0668. The van der Waals surface area contributed by atoms with Crippen LogP contribution in [0.1, 0.15) is 11.4 Å². The highest BCUT2D eigenvalue weighted by Crippen LogP contribution is 2.26. The van der Waals surface area contributed by atoms with Gasteiger partial charge < -0.3 is 15.8 Å². The van der Waals surface area contributed by atoms with Gasteiger partial charge in [0.2, 0.25) is 5.91 Å². The summed E-state index contributed by atoms with van der Waals surface area (Å²) in [5.74, 6) is 0.310. The predicted octanol–water partition coefficient (Wildman–Crippen LogP) is 2.38. The van der Waals surface area contributed by atoms with E-state index >= 15 is 0 Å². The van der Waals surface area contributed by atoms with Crippen LogP contribution < -0.4 is 15.8 Å². The molecule has 6 nitrogen and oxygen atoms in total. The van der Waals surface area contributed by atoms with Gasteiger partial charge in [0.15, 0.2) is 0 Å². The lowest BCUT2D eigenvalue weighted by atomic mass is 10.2. The lowest BCUT2D eigenvalue weighted by Gasteiger charge is -2.11.